The highest BCUT2D eigenvalue weighted by molar-refractivity contribution is 6.06. The third-order valence-corrected chi connectivity index (χ3v) is 3.31. The summed E-state index contributed by atoms with van der Waals surface area (Å²) >= 11 is 0. The van der Waals surface area contributed by atoms with Gasteiger partial charge in [-0.05, 0) is 55.8 Å². The maximum atomic E-state index is 13.3. The minimum Gasteiger partial charge on any atom is -0.324 e. The summed E-state index contributed by atoms with van der Waals surface area (Å²) in [7, 11) is 0. The normalized spacial score (nSPS) is 10.3. The van der Waals surface area contributed by atoms with Gasteiger partial charge in [-0.2, -0.15) is 0 Å². The lowest BCUT2D eigenvalue weighted by Gasteiger charge is -2.21. The van der Waals surface area contributed by atoms with Crippen molar-refractivity contribution in [2.45, 2.75) is 13.8 Å². The molecule has 0 fully saturated rings. The zero-order chi connectivity index (χ0) is 15.4. The minimum absolute atomic E-state index is 0.172. The van der Waals surface area contributed by atoms with Crippen molar-refractivity contribution in [3.8, 4) is 0 Å². The van der Waals surface area contributed by atoms with E-state index in [9.17, 15) is 9.18 Å². The standard InChI is InChI=1S/C16H18FN3O/c1-3-20(14-6-4-5-13(17)10-14)16(21)12-7-8-15(19-18)11(2)9-12/h4-10,19H,3,18H2,1-2H3. The lowest BCUT2D eigenvalue weighted by atomic mass is 10.1. The number of carbonyl (C=O) groups is 1. The Bertz CT molecular complexity index is 658. The number of hydrazine groups is 1. The summed E-state index contributed by atoms with van der Waals surface area (Å²) in [6.45, 7) is 4.17. The summed E-state index contributed by atoms with van der Waals surface area (Å²) < 4.78 is 13.3. The highest BCUT2D eigenvalue weighted by Gasteiger charge is 2.17. The van der Waals surface area contributed by atoms with Gasteiger partial charge in [0.1, 0.15) is 5.82 Å². The molecule has 0 unspecified atom stereocenters. The number of hydrogen-bond acceptors (Lipinski definition) is 3. The Labute approximate surface area is 123 Å². The maximum Gasteiger partial charge on any atom is 0.258 e. The van der Waals surface area contributed by atoms with Crippen molar-refractivity contribution in [3.05, 3.63) is 59.4 Å². The number of amides is 1. The van der Waals surface area contributed by atoms with Crippen LogP contribution in [-0.4, -0.2) is 12.5 Å². The first-order valence-corrected chi connectivity index (χ1v) is 6.71. The van der Waals surface area contributed by atoms with Crippen LogP contribution in [0.3, 0.4) is 0 Å². The van der Waals surface area contributed by atoms with Crippen molar-refractivity contribution in [1.29, 1.82) is 0 Å². The van der Waals surface area contributed by atoms with Gasteiger partial charge in [-0.3, -0.25) is 10.6 Å². The predicted octanol–water partition coefficient (Wildman–Crippen LogP) is 3.09. The van der Waals surface area contributed by atoms with Crippen LogP contribution in [0.2, 0.25) is 0 Å². The van der Waals surface area contributed by atoms with E-state index in [2.05, 4.69) is 5.43 Å². The smallest absolute Gasteiger partial charge is 0.258 e. The van der Waals surface area contributed by atoms with Gasteiger partial charge in [-0.1, -0.05) is 6.07 Å². The van der Waals surface area contributed by atoms with E-state index < -0.39 is 0 Å². The molecule has 21 heavy (non-hydrogen) atoms. The van der Waals surface area contributed by atoms with Crippen molar-refractivity contribution in [2.75, 3.05) is 16.9 Å². The molecule has 110 valence electrons. The summed E-state index contributed by atoms with van der Waals surface area (Å²) in [5.74, 6) is 4.85. The van der Waals surface area contributed by atoms with Gasteiger partial charge in [-0.25, -0.2) is 4.39 Å². The Morgan fingerprint density at radius 2 is 2.05 bits per heavy atom. The number of nitrogens with one attached hydrogen (secondary N) is 1. The molecule has 0 spiro atoms. The molecule has 0 aliphatic heterocycles. The van der Waals surface area contributed by atoms with Gasteiger partial charge >= 0.3 is 0 Å². The van der Waals surface area contributed by atoms with Crippen LogP contribution in [0, 0.1) is 12.7 Å². The maximum absolute atomic E-state index is 13.3. The fourth-order valence-electron chi connectivity index (χ4n) is 2.20. The van der Waals surface area contributed by atoms with E-state index in [-0.39, 0.29) is 11.7 Å². The first-order chi connectivity index (χ1) is 10.1. The summed E-state index contributed by atoms with van der Waals surface area (Å²) in [4.78, 5) is 14.1. The lowest BCUT2D eigenvalue weighted by Crippen LogP contribution is -2.30. The molecule has 0 heterocycles. The lowest BCUT2D eigenvalue weighted by molar-refractivity contribution is 0.0988. The molecule has 4 nitrogen and oxygen atoms in total. The molecule has 2 aromatic carbocycles. The van der Waals surface area contributed by atoms with E-state index >= 15 is 0 Å². The van der Waals surface area contributed by atoms with Crippen molar-refractivity contribution in [2.24, 2.45) is 5.84 Å². The average Bonchev–Trinajstić information content (AvgIpc) is 2.48. The van der Waals surface area contributed by atoms with Crippen LogP contribution in [0.25, 0.3) is 0 Å². The molecule has 3 N–H and O–H groups in total. The molecule has 5 heteroatoms. The van der Waals surface area contributed by atoms with Crippen LogP contribution in [-0.2, 0) is 0 Å². The van der Waals surface area contributed by atoms with E-state index in [1.165, 1.54) is 17.0 Å². The van der Waals surface area contributed by atoms with Crippen LogP contribution in [0.1, 0.15) is 22.8 Å². The number of aryl methyl sites for hydroxylation is 1. The van der Waals surface area contributed by atoms with Crippen molar-refractivity contribution in [1.82, 2.24) is 0 Å². The second-order valence-electron chi connectivity index (χ2n) is 4.70. The first-order valence-electron chi connectivity index (χ1n) is 6.71. The highest BCUT2D eigenvalue weighted by atomic mass is 19.1. The van der Waals surface area contributed by atoms with Crippen LogP contribution in [0.15, 0.2) is 42.5 Å². The summed E-state index contributed by atoms with van der Waals surface area (Å²) in [5, 5.41) is 0. The molecule has 0 bridgehead atoms. The number of benzene rings is 2. The molecular weight excluding hydrogens is 269 g/mol. The second kappa shape index (κ2) is 6.37. The molecule has 2 rings (SSSR count). The number of anilines is 2. The number of carbonyl (C=O) groups excluding carboxylic acids is 1. The Balaban J connectivity index is 2.34. The van der Waals surface area contributed by atoms with Crippen molar-refractivity contribution >= 4 is 17.3 Å². The average molecular weight is 287 g/mol. The fourth-order valence-corrected chi connectivity index (χ4v) is 2.20. The van der Waals surface area contributed by atoms with Crippen LogP contribution in [0.5, 0.6) is 0 Å². The van der Waals surface area contributed by atoms with Crippen LogP contribution in [0.4, 0.5) is 15.8 Å². The quantitative estimate of drug-likeness (QED) is 0.671. The van der Waals surface area contributed by atoms with E-state index in [1.54, 1.807) is 30.3 Å². The molecule has 0 atom stereocenters. The van der Waals surface area contributed by atoms with Crippen LogP contribution < -0.4 is 16.2 Å². The monoisotopic (exact) mass is 287 g/mol. The third kappa shape index (κ3) is 3.20. The van der Waals surface area contributed by atoms with Gasteiger partial charge in [0.25, 0.3) is 5.91 Å². The van der Waals surface area contributed by atoms with E-state index in [0.717, 1.165) is 11.3 Å². The largest absolute Gasteiger partial charge is 0.324 e. The molecule has 0 saturated heterocycles. The number of nitrogen functional groups attached to an aromatic ring is 1. The molecular formula is C16H18FN3O. The fraction of sp³-hybridized carbons (Fsp3) is 0.188. The van der Waals surface area contributed by atoms with E-state index in [4.69, 9.17) is 5.84 Å². The van der Waals surface area contributed by atoms with Gasteiger partial charge < -0.3 is 10.3 Å². The number of halogens is 1. The minimum atomic E-state index is -0.363. The molecule has 0 aliphatic rings. The number of nitrogens with two attached hydrogens (primary N) is 1. The number of nitrogens with zero attached hydrogens (tertiary/aromatic N) is 1. The first kappa shape index (κ1) is 15.0. The van der Waals surface area contributed by atoms with Gasteiger partial charge in [0.2, 0.25) is 0 Å². The molecule has 2 aromatic rings. The molecule has 0 radical (unpaired) electrons. The second-order valence-corrected chi connectivity index (χ2v) is 4.70. The van der Waals surface area contributed by atoms with E-state index in [0.29, 0.717) is 17.8 Å². The molecule has 1 amide bonds. The summed E-state index contributed by atoms with van der Waals surface area (Å²) in [5.41, 5.74) is 5.29. The Kier molecular flexibility index (Phi) is 4.55. The molecule has 0 aromatic heterocycles. The topological polar surface area (TPSA) is 58.4 Å². The highest BCUT2D eigenvalue weighted by Crippen LogP contribution is 2.21. The molecule has 0 aliphatic carbocycles. The van der Waals surface area contributed by atoms with Crippen molar-refractivity contribution < 1.29 is 9.18 Å². The van der Waals surface area contributed by atoms with Crippen LogP contribution >= 0.6 is 0 Å². The van der Waals surface area contributed by atoms with Gasteiger partial charge in [-0.15, -0.1) is 0 Å². The predicted molar refractivity (Wildman–Crippen MR) is 82.7 cm³/mol. The zero-order valence-corrected chi connectivity index (χ0v) is 12.1. The van der Waals surface area contributed by atoms with Gasteiger partial charge in [0.15, 0.2) is 0 Å². The Hall–Kier alpha value is -2.40. The number of hydrogen-bond donors (Lipinski definition) is 2. The number of rotatable bonds is 4. The summed E-state index contributed by atoms with van der Waals surface area (Å²) in [6.07, 6.45) is 0. The van der Waals surface area contributed by atoms with Crippen molar-refractivity contribution in [3.63, 3.8) is 0 Å². The van der Waals surface area contributed by atoms with Gasteiger partial charge in [0, 0.05) is 17.8 Å². The van der Waals surface area contributed by atoms with Gasteiger partial charge in [0.05, 0.1) is 5.69 Å². The van der Waals surface area contributed by atoms with E-state index in [1.807, 2.05) is 13.8 Å². The third-order valence-electron chi connectivity index (χ3n) is 3.31. The zero-order valence-electron chi connectivity index (χ0n) is 12.1. The SMILES string of the molecule is CCN(C(=O)c1ccc(NN)c(C)c1)c1cccc(F)c1. The Morgan fingerprint density at radius 3 is 2.62 bits per heavy atom. The molecule has 0 saturated carbocycles. The Morgan fingerprint density at radius 1 is 1.29 bits per heavy atom. The summed E-state index contributed by atoms with van der Waals surface area (Å²) in [6, 6.07) is 11.2.